The second-order valence-corrected chi connectivity index (χ2v) is 18.9. The molecule has 0 atom stereocenters. The van der Waals surface area contributed by atoms with Crippen LogP contribution in [0.3, 0.4) is 0 Å². The van der Waals surface area contributed by atoms with Gasteiger partial charge in [-0.3, -0.25) is 0 Å². The van der Waals surface area contributed by atoms with Crippen LogP contribution in [-0.4, -0.2) is 0 Å². The van der Waals surface area contributed by atoms with E-state index in [0.29, 0.717) is 0 Å². The molecule has 0 fully saturated rings. The molecule has 2 heterocycles. The summed E-state index contributed by atoms with van der Waals surface area (Å²) in [4.78, 5) is 4.79. The molecule has 14 aromatic rings. The summed E-state index contributed by atoms with van der Waals surface area (Å²) in [7, 11) is 0. The molecule has 0 unspecified atom stereocenters. The van der Waals surface area contributed by atoms with Crippen LogP contribution in [0.25, 0.3) is 94.2 Å². The van der Waals surface area contributed by atoms with Gasteiger partial charge in [-0.25, -0.2) is 0 Å². The van der Waals surface area contributed by atoms with Crippen LogP contribution in [0.4, 0.5) is 34.1 Å². The van der Waals surface area contributed by atoms with Gasteiger partial charge >= 0.3 is 0 Å². The second kappa shape index (κ2) is 13.9. The summed E-state index contributed by atoms with van der Waals surface area (Å²) < 4.78 is 5.29. The number of nitrogens with zero attached hydrogens (tertiary/aromatic N) is 2. The minimum Gasteiger partial charge on any atom is -0.310 e. The van der Waals surface area contributed by atoms with E-state index in [9.17, 15) is 0 Å². The van der Waals surface area contributed by atoms with E-state index in [1.807, 2.05) is 22.7 Å². The van der Waals surface area contributed by atoms with E-state index in [0.717, 1.165) is 34.1 Å². The minimum absolute atomic E-state index is 1.14. The molecular weight excluding hydrogens is 813 g/mol. The zero-order valence-corrected chi connectivity index (χ0v) is 36.1. The largest absolute Gasteiger partial charge is 0.310 e. The molecule has 0 radical (unpaired) electrons. The molecule has 0 bridgehead atoms. The molecule has 0 aliphatic heterocycles. The van der Waals surface area contributed by atoms with Crippen molar-refractivity contribution < 1.29 is 0 Å². The minimum atomic E-state index is 1.14. The van der Waals surface area contributed by atoms with Gasteiger partial charge in [0.05, 0.1) is 0 Å². The van der Waals surface area contributed by atoms with Crippen LogP contribution in [-0.2, 0) is 0 Å². The van der Waals surface area contributed by atoms with Crippen LogP contribution in [0.15, 0.2) is 218 Å². The topological polar surface area (TPSA) is 6.48 Å². The molecule has 0 aliphatic rings. The van der Waals surface area contributed by atoms with Crippen molar-refractivity contribution in [3.63, 3.8) is 0 Å². The second-order valence-electron chi connectivity index (χ2n) is 16.8. The van der Waals surface area contributed by atoms with Gasteiger partial charge in [-0.2, -0.15) is 0 Å². The fourth-order valence-electron chi connectivity index (χ4n) is 10.5. The molecule has 14 rings (SSSR count). The Kier molecular flexibility index (Phi) is 7.76. The number of hydrogen-bond donors (Lipinski definition) is 0. The van der Waals surface area contributed by atoms with Gasteiger partial charge in [0.15, 0.2) is 0 Å². The lowest BCUT2D eigenvalue weighted by molar-refractivity contribution is 1.30. The fraction of sp³-hybridized carbons (Fsp3) is 0. The molecule has 298 valence electrons. The summed E-state index contributed by atoms with van der Waals surface area (Å²) in [6.45, 7) is 0. The van der Waals surface area contributed by atoms with Crippen LogP contribution in [0, 0.1) is 0 Å². The Bertz CT molecular complexity index is 3880. The molecule has 64 heavy (non-hydrogen) atoms. The number of thiophene rings is 2. The molecule has 0 saturated carbocycles. The van der Waals surface area contributed by atoms with Crippen molar-refractivity contribution in [2.24, 2.45) is 0 Å². The van der Waals surface area contributed by atoms with Crippen molar-refractivity contribution in [1.82, 2.24) is 0 Å². The maximum absolute atomic E-state index is 2.41. The lowest BCUT2D eigenvalue weighted by Gasteiger charge is -2.26. The van der Waals surface area contributed by atoms with Crippen molar-refractivity contribution in [2.75, 3.05) is 9.80 Å². The van der Waals surface area contributed by atoms with Crippen molar-refractivity contribution in [3.8, 4) is 0 Å². The molecule has 0 N–H and O–H groups in total. The zero-order valence-electron chi connectivity index (χ0n) is 34.5. The third-order valence-corrected chi connectivity index (χ3v) is 15.7. The molecule has 0 amide bonds. The summed E-state index contributed by atoms with van der Waals surface area (Å²) in [5.41, 5.74) is 6.88. The predicted octanol–water partition coefficient (Wildman–Crippen LogP) is 18.6. The summed E-state index contributed by atoms with van der Waals surface area (Å²) in [6, 6.07) is 80.5. The van der Waals surface area contributed by atoms with Crippen LogP contribution >= 0.6 is 22.7 Å². The van der Waals surface area contributed by atoms with Crippen LogP contribution in [0.1, 0.15) is 0 Å². The lowest BCUT2D eigenvalue weighted by atomic mass is 9.89. The first-order valence-corrected chi connectivity index (χ1v) is 23.5. The molecule has 0 aliphatic carbocycles. The van der Waals surface area contributed by atoms with Gasteiger partial charge in [-0.15, -0.1) is 22.7 Å². The first kappa shape index (κ1) is 35.8. The summed E-state index contributed by atoms with van der Waals surface area (Å²) in [6.07, 6.45) is 0. The maximum atomic E-state index is 2.41. The maximum Gasteiger partial charge on any atom is 0.0476 e. The van der Waals surface area contributed by atoms with Gasteiger partial charge in [-0.1, -0.05) is 146 Å². The van der Waals surface area contributed by atoms with Gasteiger partial charge in [-0.05, 0) is 116 Å². The predicted molar refractivity (Wildman–Crippen MR) is 280 cm³/mol. The summed E-state index contributed by atoms with van der Waals surface area (Å²) in [5, 5.41) is 18.3. The van der Waals surface area contributed by atoms with E-state index in [1.165, 1.54) is 94.2 Å². The number of fused-ring (bicyclic) bond motifs is 12. The third-order valence-electron chi connectivity index (χ3n) is 13.3. The van der Waals surface area contributed by atoms with Crippen molar-refractivity contribution >= 4 is 151 Å². The average Bonchev–Trinajstić information content (AvgIpc) is 3.94. The number of rotatable bonds is 6. The molecular formula is C60H36N2S2. The van der Waals surface area contributed by atoms with Crippen molar-refractivity contribution in [1.29, 1.82) is 0 Å². The highest BCUT2D eigenvalue weighted by Crippen LogP contribution is 2.53. The third kappa shape index (κ3) is 5.30. The Hall–Kier alpha value is -7.76. The van der Waals surface area contributed by atoms with E-state index in [2.05, 4.69) is 228 Å². The highest BCUT2D eigenvalue weighted by atomic mass is 32.1. The summed E-state index contributed by atoms with van der Waals surface area (Å²) >= 11 is 3.86. The van der Waals surface area contributed by atoms with E-state index >= 15 is 0 Å². The van der Waals surface area contributed by atoms with Gasteiger partial charge < -0.3 is 9.80 Å². The molecule has 0 saturated heterocycles. The van der Waals surface area contributed by atoms with Crippen LogP contribution in [0.2, 0.25) is 0 Å². The summed E-state index contributed by atoms with van der Waals surface area (Å²) in [5.74, 6) is 0. The van der Waals surface area contributed by atoms with Crippen LogP contribution < -0.4 is 9.80 Å². The Morgan fingerprint density at radius 3 is 1.06 bits per heavy atom. The standard InChI is InChI=1S/C60H36N2S2/c1-3-17-41(18-4-1)61(43-27-25-37-13-7-9-15-39(37)33-43)45-29-31-47-53(35-45)63-59-51-23-12-22-50-56(51)55-49(57(47)59)21-11-24-52(55)60-58(50)48-32-30-46(36-54(48)64-60)62(42-19-5-2-6-20-42)44-28-26-38-14-8-10-16-40(38)34-44/h1-36H. The number of hydrogen-bond acceptors (Lipinski definition) is 4. The normalized spacial score (nSPS) is 12.1. The quantitative estimate of drug-likeness (QED) is 0.154. The van der Waals surface area contributed by atoms with Gasteiger partial charge in [0.1, 0.15) is 0 Å². The van der Waals surface area contributed by atoms with E-state index < -0.39 is 0 Å². The van der Waals surface area contributed by atoms with E-state index in [-0.39, 0.29) is 0 Å². The SMILES string of the molecule is c1ccc(N(c2ccc3ccccc3c2)c2ccc3c(c2)sc2c4cccc5c6c7ccc(N(c8ccccc8)c8ccc9ccccc9c8)cc7sc6c6cccc(c32)c6c45)cc1. The zero-order chi connectivity index (χ0) is 41.9. The van der Waals surface area contributed by atoms with Crippen LogP contribution in [0.5, 0.6) is 0 Å². The highest BCUT2D eigenvalue weighted by Gasteiger charge is 2.24. The van der Waals surface area contributed by atoms with Gasteiger partial charge in [0, 0.05) is 85.2 Å². The highest BCUT2D eigenvalue weighted by molar-refractivity contribution is 7.27. The van der Waals surface area contributed by atoms with E-state index in [1.54, 1.807) is 0 Å². The number of anilines is 6. The molecule has 2 aromatic heterocycles. The lowest BCUT2D eigenvalue weighted by Crippen LogP contribution is -2.09. The molecule has 2 nitrogen and oxygen atoms in total. The van der Waals surface area contributed by atoms with E-state index in [4.69, 9.17) is 0 Å². The number of para-hydroxylation sites is 2. The molecule has 0 spiro atoms. The monoisotopic (exact) mass is 848 g/mol. The molecule has 4 heteroatoms. The Labute approximate surface area is 377 Å². The van der Waals surface area contributed by atoms with Crippen molar-refractivity contribution in [3.05, 3.63) is 218 Å². The smallest absolute Gasteiger partial charge is 0.0476 e. The Balaban J connectivity index is 0.975. The average molecular weight is 849 g/mol. The number of benzene rings is 12. The first-order chi connectivity index (χ1) is 31.7. The van der Waals surface area contributed by atoms with Crippen molar-refractivity contribution in [2.45, 2.75) is 0 Å². The fourth-order valence-corrected chi connectivity index (χ4v) is 13.0. The molecule has 12 aromatic carbocycles. The Morgan fingerprint density at radius 1 is 0.234 bits per heavy atom. The Morgan fingerprint density at radius 2 is 0.609 bits per heavy atom. The van der Waals surface area contributed by atoms with Gasteiger partial charge in [0.25, 0.3) is 0 Å². The first-order valence-electron chi connectivity index (χ1n) is 21.8. The van der Waals surface area contributed by atoms with Gasteiger partial charge in [0.2, 0.25) is 0 Å².